The van der Waals surface area contributed by atoms with Crippen molar-refractivity contribution in [2.45, 2.75) is 41.5 Å². The van der Waals surface area contributed by atoms with Crippen LogP contribution in [-0.4, -0.2) is 6.79 Å². The smallest absolute Gasteiger partial charge is 0.545 e. The van der Waals surface area contributed by atoms with Gasteiger partial charge in [-0.15, -0.1) is 12.2 Å². The summed E-state index contributed by atoms with van der Waals surface area (Å²) in [6, 6.07) is 0. The second-order valence-electron chi connectivity index (χ2n) is 4.81. The Kier molecular flexibility index (Phi) is 29.2. The molecule has 0 spiro atoms. The summed E-state index contributed by atoms with van der Waals surface area (Å²) in [5.41, 5.74) is 4.72. The van der Waals surface area contributed by atoms with Crippen molar-refractivity contribution in [3.05, 3.63) is 84.7 Å². The Hall–Kier alpha value is -1.53. The minimum absolute atomic E-state index is 0. The van der Waals surface area contributed by atoms with Crippen molar-refractivity contribution in [1.82, 2.24) is 0 Å². The molecule has 0 unspecified atom stereocenters. The van der Waals surface area contributed by atoms with Gasteiger partial charge in [-0.05, 0) is 27.7 Å². The number of hydrogen-bond donors (Lipinski definition) is 0. The van der Waals surface area contributed by atoms with Crippen molar-refractivity contribution < 1.29 is 24.3 Å². The van der Waals surface area contributed by atoms with E-state index in [1.807, 2.05) is 52.0 Å². The first kappa shape index (κ1) is 29.5. The van der Waals surface area contributed by atoms with E-state index < -0.39 is 0 Å². The molecular formula is C21H31ORu. The molecule has 2 heteroatoms. The van der Waals surface area contributed by atoms with E-state index in [0.29, 0.717) is 0 Å². The van der Waals surface area contributed by atoms with Gasteiger partial charge in [0, 0.05) is 0 Å². The van der Waals surface area contributed by atoms with Crippen molar-refractivity contribution in [3.63, 3.8) is 0 Å². The monoisotopic (exact) mass is 401 g/mol. The van der Waals surface area contributed by atoms with E-state index in [4.69, 9.17) is 4.79 Å². The van der Waals surface area contributed by atoms with Crippen LogP contribution in [0.1, 0.15) is 41.5 Å². The average molecular weight is 401 g/mol. The Morgan fingerprint density at radius 3 is 1.17 bits per heavy atom. The first-order valence-electron chi connectivity index (χ1n) is 7.16. The summed E-state index contributed by atoms with van der Waals surface area (Å²) >= 11 is 0. The fourth-order valence-corrected chi connectivity index (χ4v) is 0.921. The molecule has 129 valence electrons. The molecule has 0 aromatic carbocycles. The summed E-state index contributed by atoms with van der Waals surface area (Å²) in [4.78, 5) is 7.75. The molecule has 0 aliphatic carbocycles. The van der Waals surface area contributed by atoms with Crippen LogP contribution in [0.5, 0.6) is 0 Å². The Morgan fingerprint density at radius 1 is 0.739 bits per heavy atom. The van der Waals surface area contributed by atoms with Crippen LogP contribution >= 0.6 is 0 Å². The second kappa shape index (κ2) is 22.7. The Bertz CT molecular complexity index is 396. The fourth-order valence-electron chi connectivity index (χ4n) is 0.921. The zero-order valence-corrected chi connectivity index (χ0v) is 17.1. The normalized spacial score (nSPS) is 13.0. The number of carbonyl (C=O) groups excluding carboxylic acids is 1. The van der Waals surface area contributed by atoms with Crippen LogP contribution in [0.3, 0.4) is 0 Å². The molecule has 0 heterocycles. The molecule has 0 N–H and O–H groups in total. The van der Waals surface area contributed by atoms with Crippen LogP contribution in [0.15, 0.2) is 70.9 Å². The second-order valence-corrected chi connectivity index (χ2v) is 4.81. The van der Waals surface area contributed by atoms with Gasteiger partial charge in [0.2, 0.25) is 0 Å². The molecule has 0 atom stereocenters. The maximum absolute atomic E-state index is 7.75. The maximum Gasteiger partial charge on any atom is 3.00 e. The van der Waals surface area contributed by atoms with Crippen LogP contribution in [0.2, 0.25) is 0 Å². The number of rotatable bonds is 4. The van der Waals surface area contributed by atoms with E-state index in [1.54, 1.807) is 0 Å². The maximum atomic E-state index is 7.75. The zero-order valence-electron chi connectivity index (χ0n) is 15.4. The molecule has 0 rings (SSSR count). The molecule has 0 saturated heterocycles. The van der Waals surface area contributed by atoms with Crippen molar-refractivity contribution in [2.75, 3.05) is 0 Å². The van der Waals surface area contributed by atoms with Crippen molar-refractivity contribution >= 4 is 6.79 Å². The summed E-state index contributed by atoms with van der Waals surface area (Å²) in [5.74, 6) is 0. The van der Waals surface area contributed by atoms with Gasteiger partial charge in [0.05, 0.1) is 0 Å². The largest absolute Gasteiger partial charge is 3.00 e. The summed E-state index contributed by atoms with van der Waals surface area (Å²) in [5, 5.41) is 0. The van der Waals surface area contributed by atoms with Gasteiger partial charge in [-0.25, -0.2) is 37.1 Å². The van der Waals surface area contributed by atoms with Gasteiger partial charge in [-0.3, -0.25) is 6.79 Å². The zero-order chi connectivity index (χ0) is 18.0. The first-order valence-corrected chi connectivity index (χ1v) is 7.16. The van der Waals surface area contributed by atoms with Crippen molar-refractivity contribution in [2.24, 2.45) is 0 Å². The van der Waals surface area contributed by atoms with E-state index in [9.17, 15) is 0 Å². The Labute approximate surface area is 157 Å². The van der Waals surface area contributed by atoms with Crippen molar-refractivity contribution in [3.8, 4) is 0 Å². The third-order valence-electron chi connectivity index (χ3n) is 2.39. The molecule has 0 aliphatic heterocycles. The van der Waals surface area contributed by atoms with Gasteiger partial charge < -0.3 is 4.79 Å². The molecule has 0 bridgehead atoms. The quantitative estimate of drug-likeness (QED) is 0.234. The Balaban J connectivity index is -0.000000136. The molecule has 0 aromatic heterocycles. The van der Waals surface area contributed by atoms with Crippen LogP contribution in [0.4, 0.5) is 0 Å². The number of hydrogen-bond acceptors (Lipinski definition) is 1. The third kappa shape index (κ3) is 33.4. The molecule has 1 nitrogen and oxygen atoms in total. The molecule has 0 fully saturated rings. The Morgan fingerprint density at radius 2 is 1.00 bits per heavy atom. The van der Waals surface area contributed by atoms with Gasteiger partial charge >= 0.3 is 19.5 Å². The van der Waals surface area contributed by atoms with E-state index in [0.717, 1.165) is 11.1 Å². The van der Waals surface area contributed by atoms with Crippen LogP contribution < -0.4 is 0 Å². The minimum atomic E-state index is 0. The molecule has 23 heavy (non-hydrogen) atoms. The summed E-state index contributed by atoms with van der Waals surface area (Å²) in [7, 11) is 0. The summed E-state index contributed by atoms with van der Waals surface area (Å²) < 4.78 is 0. The molecule has 1 radical (unpaired) electrons. The number of allylic oxidation sites excluding steroid dienone is 12. The standard InChI is InChI=1S/2C10H15.CHO.Ru/c2*1-5-10(4)8-6-7-9(2)3;1-2;/h2*5-8H,2H2,1,3-4H3;1H;/q3*-1;+3. The van der Waals surface area contributed by atoms with E-state index >= 15 is 0 Å². The van der Waals surface area contributed by atoms with Gasteiger partial charge in [-0.1, -0.05) is 49.3 Å². The van der Waals surface area contributed by atoms with Gasteiger partial charge in [0.25, 0.3) is 0 Å². The summed E-state index contributed by atoms with van der Waals surface area (Å²) in [6.07, 6.45) is 16.3. The molecular weight excluding hydrogens is 369 g/mol. The first-order chi connectivity index (χ1) is 10.3. The summed E-state index contributed by atoms with van der Waals surface area (Å²) in [6.45, 7) is 22.9. The van der Waals surface area contributed by atoms with Crippen LogP contribution in [0.25, 0.3) is 0 Å². The predicted octanol–water partition coefficient (Wildman–Crippen LogP) is 6.30. The topological polar surface area (TPSA) is 17.1 Å². The SMILES string of the molecule is [CH-]=O.[CH2-]C(C)=CC=CC(C)=CC.[CH2-]C(C)=CC=CC(C)=CC.[Ru+3]. The average Bonchev–Trinajstić information content (AvgIpc) is 2.48. The van der Waals surface area contributed by atoms with Crippen LogP contribution in [0, 0.1) is 13.8 Å². The molecule has 0 saturated carbocycles. The van der Waals surface area contributed by atoms with E-state index in [1.165, 1.54) is 11.1 Å². The predicted molar refractivity (Wildman–Crippen MR) is 102 cm³/mol. The van der Waals surface area contributed by atoms with Crippen LogP contribution in [-0.2, 0) is 24.3 Å². The van der Waals surface area contributed by atoms with Gasteiger partial charge in [-0.2, -0.15) is 0 Å². The van der Waals surface area contributed by atoms with E-state index in [2.05, 4.69) is 58.8 Å². The third-order valence-corrected chi connectivity index (χ3v) is 2.39. The fraction of sp³-hybridized carbons (Fsp3) is 0.286. The van der Waals surface area contributed by atoms with Gasteiger partial charge in [0.15, 0.2) is 0 Å². The van der Waals surface area contributed by atoms with Gasteiger partial charge in [0.1, 0.15) is 0 Å². The molecule has 0 amide bonds. The molecule has 0 aliphatic rings. The molecule has 0 aromatic rings. The van der Waals surface area contributed by atoms with Crippen molar-refractivity contribution in [1.29, 1.82) is 0 Å². The van der Waals surface area contributed by atoms with E-state index in [-0.39, 0.29) is 19.5 Å². The minimum Gasteiger partial charge on any atom is -0.545 e.